The first-order valence-corrected chi connectivity index (χ1v) is 8.19. The zero-order valence-corrected chi connectivity index (χ0v) is 15.1. The Morgan fingerprint density at radius 3 is 2.57 bits per heavy atom. The van der Waals surface area contributed by atoms with Crippen molar-refractivity contribution < 1.29 is 4.79 Å². The van der Waals surface area contributed by atoms with Crippen LogP contribution in [0, 0.1) is 12.8 Å². The second-order valence-electron chi connectivity index (χ2n) is 5.87. The van der Waals surface area contributed by atoms with Crippen LogP contribution in [0.4, 0.5) is 0 Å². The fraction of sp³-hybridized carbons (Fsp3) is 0.438. The number of carbonyl (C=O) groups is 1. The van der Waals surface area contributed by atoms with Crippen molar-refractivity contribution in [1.29, 1.82) is 0 Å². The van der Waals surface area contributed by atoms with E-state index in [-0.39, 0.29) is 18.5 Å². The van der Waals surface area contributed by atoms with Crippen LogP contribution in [0.25, 0.3) is 11.4 Å². The molecule has 0 fully saturated rings. The molecule has 1 N–H and O–H groups in total. The molecule has 0 bridgehead atoms. The SMILES string of the molecule is Cc1nc(-c2ccc(Cl)c(Cl)c2)n(CC(=O)N[C@H](C)C(C)C)n1. The molecule has 0 aliphatic rings. The molecule has 23 heavy (non-hydrogen) atoms. The second-order valence-corrected chi connectivity index (χ2v) is 6.68. The normalized spacial score (nSPS) is 12.5. The van der Waals surface area contributed by atoms with Gasteiger partial charge in [-0.1, -0.05) is 37.0 Å². The number of amides is 1. The smallest absolute Gasteiger partial charge is 0.242 e. The van der Waals surface area contributed by atoms with Crippen molar-refractivity contribution >= 4 is 29.1 Å². The molecule has 0 saturated carbocycles. The van der Waals surface area contributed by atoms with Crippen molar-refractivity contribution in [3.05, 3.63) is 34.1 Å². The number of benzene rings is 1. The number of nitrogens with one attached hydrogen (secondary N) is 1. The first kappa shape index (κ1) is 17.8. The lowest BCUT2D eigenvalue weighted by Gasteiger charge is -2.17. The maximum atomic E-state index is 12.2. The van der Waals surface area contributed by atoms with Crippen LogP contribution in [-0.4, -0.2) is 26.7 Å². The zero-order valence-electron chi connectivity index (χ0n) is 13.6. The van der Waals surface area contributed by atoms with Gasteiger partial charge in [0.05, 0.1) is 10.0 Å². The van der Waals surface area contributed by atoms with Gasteiger partial charge in [-0.3, -0.25) is 4.79 Å². The molecule has 1 atom stereocenters. The molecule has 0 aliphatic heterocycles. The summed E-state index contributed by atoms with van der Waals surface area (Å²) in [7, 11) is 0. The van der Waals surface area contributed by atoms with Gasteiger partial charge in [-0.05, 0) is 38.0 Å². The van der Waals surface area contributed by atoms with E-state index in [2.05, 4.69) is 29.2 Å². The molecule has 7 heteroatoms. The van der Waals surface area contributed by atoms with Gasteiger partial charge < -0.3 is 5.32 Å². The standard InChI is InChI=1S/C16H20Cl2N4O/c1-9(2)10(3)19-15(23)8-22-16(20-11(4)21-22)12-5-6-13(17)14(18)7-12/h5-7,9-10H,8H2,1-4H3,(H,19,23)/t10-/m1/s1. The molecule has 0 aliphatic carbocycles. The van der Waals surface area contributed by atoms with Gasteiger partial charge in [-0.15, -0.1) is 0 Å². The lowest BCUT2D eigenvalue weighted by molar-refractivity contribution is -0.122. The molecule has 1 aromatic carbocycles. The Morgan fingerprint density at radius 2 is 1.96 bits per heavy atom. The van der Waals surface area contributed by atoms with Crippen LogP contribution in [0.15, 0.2) is 18.2 Å². The van der Waals surface area contributed by atoms with E-state index in [0.29, 0.717) is 27.6 Å². The summed E-state index contributed by atoms with van der Waals surface area (Å²) in [5.41, 5.74) is 0.768. The van der Waals surface area contributed by atoms with Crippen molar-refractivity contribution in [2.45, 2.75) is 40.3 Å². The summed E-state index contributed by atoms with van der Waals surface area (Å²) in [4.78, 5) is 16.6. The predicted octanol–water partition coefficient (Wildman–Crippen LogP) is 3.72. The molecule has 0 spiro atoms. The number of aromatic nitrogens is 3. The van der Waals surface area contributed by atoms with Crippen LogP contribution in [0.1, 0.15) is 26.6 Å². The third-order valence-corrected chi connectivity index (χ3v) is 4.38. The van der Waals surface area contributed by atoms with Crippen molar-refractivity contribution in [3.8, 4) is 11.4 Å². The van der Waals surface area contributed by atoms with Crippen LogP contribution in [-0.2, 0) is 11.3 Å². The number of hydrogen-bond donors (Lipinski definition) is 1. The van der Waals surface area contributed by atoms with Crippen molar-refractivity contribution in [2.24, 2.45) is 5.92 Å². The summed E-state index contributed by atoms with van der Waals surface area (Å²) >= 11 is 12.0. The quantitative estimate of drug-likeness (QED) is 0.889. The average Bonchev–Trinajstić information content (AvgIpc) is 2.82. The zero-order chi connectivity index (χ0) is 17.1. The third kappa shape index (κ3) is 4.45. The van der Waals surface area contributed by atoms with E-state index in [1.165, 1.54) is 0 Å². The molecular formula is C16H20Cl2N4O. The molecule has 1 heterocycles. The second kappa shape index (κ2) is 7.32. The van der Waals surface area contributed by atoms with E-state index >= 15 is 0 Å². The number of hydrogen-bond acceptors (Lipinski definition) is 3. The highest BCUT2D eigenvalue weighted by Crippen LogP contribution is 2.27. The van der Waals surface area contributed by atoms with E-state index in [1.807, 2.05) is 13.0 Å². The van der Waals surface area contributed by atoms with Gasteiger partial charge in [0.15, 0.2) is 5.82 Å². The molecule has 0 unspecified atom stereocenters. The molecule has 124 valence electrons. The lowest BCUT2D eigenvalue weighted by atomic mass is 10.1. The Labute approximate surface area is 146 Å². The Kier molecular flexibility index (Phi) is 5.65. The molecule has 0 saturated heterocycles. The third-order valence-electron chi connectivity index (χ3n) is 3.64. The summed E-state index contributed by atoms with van der Waals surface area (Å²) < 4.78 is 1.58. The minimum atomic E-state index is -0.0996. The monoisotopic (exact) mass is 354 g/mol. The van der Waals surface area contributed by atoms with Crippen LogP contribution in [0.5, 0.6) is 0 Å². The highest BCUT2D eigenvalue weighted by molar-refractivity contribution is 6.42. The summed E-state index contributed by atoms with van der Waals surface area (Å²) in [6.45, 7) is 7.99. The molecule has 5 nitrogen and oxygen atoms in total. The number of halogens is 2. The number of carbonyl (C=O) groups excluding carboxylic acids is 1. The minimum absolute atomic E-state index is 0.0977. The maximum absolute atomic E-state index is 12.2. The van der Waals surface area contributed by atoms with Gasteiger partial charge in [-0.2, -0.15) is 5.10 Å². The molecule has 1 aromatic heterocycles. The van der Waals surface area contributed by atoms with Gasteiger partial charge >= 0.3 is 0 Å². The van der Waals surface area contributed by atoms with Crippen molar-refractivity contribution in [3.63, 3.8) is 0 Å². The number of nitrogens with zero attached hydrogens (tertiary/aromatic N) is 3. The Morgan fingerprint density at radius 1 is 1.26 bits per heavy atom. The lowest BCUT2D eigenvalue weighted by Crippen LogP contribution is -2.38. The largest absolute Gasteiger partial charge is 0.352 e. The van der Waals surface area contributed by atoms with E-state index in [4.69, 9.17) is 23.2 Å². The Hall–Kier alpha value is -1.59. The van der Waals surface area contributed by atoms with E-state index in [0.717, 1.165) is 5.56 Å². The van der Waals surface area contributed by atoms with Gasteiger partial charge in [0.25, 0.3) is 0 Å². The first-order chi connectivity index (χ1) is 10.8. The fourth-order valence-corrected chi connectivity index (χ4v) is 2.31. The average molecular weight is 355 g/mol. The summed E-state index contributed by atoms with van der Waals surface area (Å²) in [6.07, 6.45) is 0. The number of rotatable bonds is 5. The van der Waals surface area contributed by atoms with Gasteiger partial charge in [0.1, 0.15) is 12.4 Å². The topological polar surface area (TPSA) is 59.8 Å². The Bertz CT molecular complexity index is 712. The van der Waals surface area contributed by atoms with Crippen LogP contribution >= 0.6 is 23.2 Å². The Balaban J connectivity index is 2.23. The van der Waals surface area contributed by atoms with Gasteiger partial charge in [0.2, 0.25) is 5.91 Å². The minimum Gasteiger partial charge on any atom is -0.352 e. The highest BCUT2D eigenvalue weighted by atomic mass is 35.5. The highest BCUT2D eigenvalue weighted by Gasteiger charge is 2.16. The van der Waals surface area contributed by atoms with E-state index < -0.39 is 0 Å². The molecule has 0 radical (unpaired) electrons. The van der Waals surface area contributed by atoms with E-state index in [9.17, 15) is 4.79 Å². The maximum Gasteiger partial charge on any atom is 0.242 e. The fourth-order valence-electron chi connectivity index (χ4n) is 2.02. The molecule has 2 rings (SSSR count). The summed E-state index contributed by atoms with van der Waals surface area (Å²) in [5, 5.41) is 8.17. The van der Waals surface area contributed by atoms with Crippen LogP contribution in [0.2, 0.25) is 10.0 Å². The summed E-state index contributed by atoms with van der Waals surface area (Å²) in [5.74, 6) is 1.45. The van der Waals surface area contributed by atoms with Gasteiger partial charge in [-0.25, -0.2) is 9.67 Å². The molecular weight excluding hydrogens is 335 g/mol. The van der Waals surface area contributed by atoms with Crippen molar-refractivity contribution in [1.82, 2.24) is 20.1 Å². The molecule has 2 aromatic rings. The predicted molar refractivity (Wildman–Crippen MR) is 92.7 cm³/mol. The van der Waals surface area contributed by atoms with Gasteiger partial charge in [0, 0.05) is 11.6 Å². The molecule has 1 amide bonds. The van der Waals surface area contributed by atoms with Crippen LogP contribution in [0.3, 0.4) is 0 Å². The summed E-state index contributed by atoms with van der Waals surface area (Å²) in [6, 6.07) is 5.33. The number of aryl methyl sites for hydroxylation is 1. The van der Waals surface area contributed by atoms with E-state index in [1.54, 1.807) is 23.7 Å². The van der Waals surface area contributed by atoms with Crippen molar-refractivity contribution in [2.75, 3.05) is 0 Å². The first-order valence-electron chi connectivity index (χ1n) is 7.44. The van der Waals surface area contributed by atoms with Crippen LogP contribution < -0.4 is 5.32 Å².